The molecule has 8 aromatic carbocycles. The van der Waals surface area contributed by atoms with Gasteiger partial charge >= 0.3 is 0 Å². The topological polar surface area (TPSA) is 38.7 Å². The van der Waals surface area contributed by atoms with Crippen molar-refractivity contribution in [2.45, 2.75) is 12.3 Å². The molecule has 0 saturated carbocycles. The van der Waals surface area contributed by atoms with Crippen LogP contribution in [0, 0.1) is 0 Å². The second-order valence-corrected chi connectivity index (χ2v) is 13.6. The predicted octanol–water partition coefficient (Wildman–Crippen LogP) is 12.6. The monoisotopic (exact) mass is 663 g/mol. The Labute approximate surface area is 302 Å². The number of allylic oxidation sites excluding steroid dienone is 4. The maximum atomic E-state index is 5.07. The summed E-state index contributed by atoms with van der Waals surface area (Å²) >= 11 is 0. The Kier molecular flexibility index (Phi) is 7.28. The first-order chi connectivity index (χ1) is 25.7. The third-order valence-electron chi connectivity index (χ3n) is 10.4. The van der Waals surface area contributed by atoms with Crippen molar-refractivity contribution in [1.82, 2.24) is 15.0 Å². The van der Waals surface area contributed by atoms with Crippen LogP contribution in [0.4, 0.5) is 0 Å². The molecule has 0 amide bonds. The predicted molar refractivity (Wildman–Crippen MR) is 217 cm³/mol. The quantitative estimate of drug-likeness (QED) is 0.136. The van der Waals surface area contributed by atoms with Gasteiger partial charge in [0.1, 0.15) is 0 Å². The minimum Gasteiger partial charge on any atom is -0.208 e. The number of nitrogens with zero attached hydrogens (tertiary/aromatic N) is 3. The van der Waals surface area contributed by atoms with E-state index in [1.807, 2.05) is 18.2 Å². The summed E-state index contributed by atoms with van der Waals surface area (Å²) in [7, 11) is 0. The molecule has 52 heavy (non-hydrogen) atoms. The van der Waals surface area contributed by atoms with Gasteiger partial charge in [0.05, 0.1) is 0 Å². The normalized spacial score (nSPS) is 14.3. The first-order valence-electron chi connectivity index (χ1n) is 17.9. The zero-order chi connectivity index (χ0) is 34.4. The van der Waals surface area contributed by atoms with Gasteiger partial charge in [-0.25, -0.2) is 15.0 Å². The Morgan fingerprint density at radius 2 is 1.02 bits per heavy atom. The minimum absolute atomic E-state index is 0.344. The second-order valence-electron chi connectivity index (χ2n) is 13.6. The summed E-state index contributed by atoms with van der Waals surface area (Å²) in [5, 5.41) is 9.89. The number of benzene rings is 8. The number of aromatic nitrogens is 3. The fourth-order valence-electron chi connectivity index (χ4n) is 7.76. The summed E-state index contributed by atoms with van der Waals surface area (Å²) in [6.07, 6.45) is 7.59. The molecular formula is C49H33N3. The Balaban J connectivity index is 1.07. The van der Waals surface area contributed by atoms with Crippen molar-refractivity contribution in [3.8, 4) is 33.9 Å². The van der Waals surface area contributed by atoms with Crippen LogP contribution in [-0.4, -0.2) is 15.0 Å². The SMILES string of the molecule is C1=CC(c2ccccc2)CC=C1c1nc(-c2ccccc2)nc(-c2ccc3cc(-c4c5ccccc5cc5c4ccc4ccccc45)ccc3c2)n1. The average molecular weight is 664 g/mol. The molecule has 1 atom stereocenters. The van der Waals surface area contributed by atoms with Crippen molar-refractivity contribution < 1.29 is 0 Å². The van der Waals surface area contributed by atoms with Gasteiger partial charge in [-0.2, -0.15) is 0 Å². The summed E-state index contributed by atoms with van der Waals surface area (Å²) in [6.45, 7) is 0. The number of fused-ring (bicyclic) bond motifs is 5. The van der Waals surface area contributed by atoms with Crippen LogP contribution < -0.4 is 0 Å². The van der Waals surface area contributed by atoms with Crippen molar-refractivity contribution in [3.05, 3.63) is 193 Å². The fraction of sp³-hybridized carbons (Fsp3) is 0.0408. The van der Waals surface area contributed by atoms with E-state index in [1.165, 1.54) is 54.4 Å². The molecule has 3 heteroatoms. The van der Waals surface area contributed by atoms with Crippen LogP contribution >= 0.6 is 0 Å². The van der Waals surface area contributed by atoms with E-state index in [9.17, 15) is 0 Å². The fourth-order valence-corrected chi connectivity index (χ4v) is 7.76. The van der Waals surface area contributed by atoms with Crippen LogP contribution in [0.25, 0.3) is 82.6 Å². The van der Waals surface area contributed by atoms with E-state index in [-0.39, 0.29) is 0 Å². The molecule has 0 aliphatic heterocycles. The van der Waals surface area contributed by atoms with E-state index < -0.39 is 0 Å². The highest BCUT2D eigenvalue weighted by molar-refractivity contribution is 6.20. The van der Waals surface area contributed by atoms with E-state index in [0.29, 0.717) is 23.4 Å². The van der Waals surface area contributed by atoms with Gasteiger partial charge in [-0.3, -0.25) is 0 Å². The van der Waals surface area contributed by atoms with Gasteiger partial charge in [-0.1, -0.05) is 164 Å². The lowest BCUT2D eigenvalue weighted by molar-refractivity contribution is 0.854. The van der Waals surface area contributed by atoms with Crippen LogP contribution in [-0.2, 0) is 0 Å². The van der Waals surface area contributed by atoms with E-state index in [4.69, 9.17) is 15.0 Å². The van der Waals surface area contributed by atoms with Crippen LogP contribution in [0.5, 0.6) is 0 Å². The smallest absolute Gasteiger partial charge is 0.164 e. The maximum Gasteiger partial charge on any atom is 0.164 e. The third kappa shape index (κ3) is 5.35. The summed E-state index contributed by atoms with van der Waals surface area (Å²) < 4.78 is 0. The summed E-state index contributed by atoms with van der Waals surface area (Å²) in [4.78, 5) is 15.1. The highest BCUT2D eigenvalue weighted by Gasteiger charge is 2.18. The lowest BCUT2D eigenvalue weighted by Gasteiger charge is -2.17. The van der Waals surface area contributed by atoms with Crippen LogP contribution in [0.3, 0.4) is 0 Å². The molecule has 0 spiro atoms. The average Bonchev–Trinajstić information content (AvgIpc) is 3.23. The molecule has 10 rings (SSSR count). The van der Waals surface area contributed by atoms with Crippen molar-refractivity contribution in [2.75, 3.05) is 0 Å². The number of rotatable bonds is 5. The van der Waals surface area contributed by atoms with Crippen LogP contribution in [0.2, 0.25) is 0 Å². The molecule has 0 radical (unpaired) electrons. The molecule has 1 aliphatic carbocycles. The van der Waals surface area contributed by atoms with Crippen molar-refractivity contribution in [1.29, 1.82) is 0 Å². The van der Waals surface area contributed by atoms with Gasteiger partial charge in [-0.05, 0) is 84.4 Å². The standard InChI is InChI=1S/C49H33N3/c1-3-11-32(12-4-1)33-19-21-36(22-20-33)48-50-47(35-14-5-2-6-15-35)51-49(52-48)41-26-24-37-29-40(25-23-38(37)30-41)46-43-18-10-8-16-39(43)31-45-42-17-9-7-13-34(42)27-28-44(45)46/h1-19,21-31,33H,20H2. The third-order valence-corrected chi connectivity index (χ3v) is 10.4. The van der Waals surface area contributed by atoms with Crippen molar-refractivity contribution in [3.63, 3.8) is 0 Å². The lowest BCUT2D eigenvalue weighted by Crippen LogP contribution is -2.05. The van der Waals surface area contributed by atoms with Crippen molar-refractivity contribution in [2.24, 2.45) is 0 Å². The van der Waals surface area contributed by atoms with E-state index in [2.05, 4.69) is 164 Å². The second kappa shape index (κ2) is 12.6. The van der Waals surface area contributed by atoms with Gasteiger partial charge in [0.15, 0.2) is 17.5 Å². The summed E-state index contributed by atoms with van der Waals surface area (Å²) in [5.74, 6) is 2.38. The summed E-state index contributed by atoms with van der Waals surface area (Å²) in [6, 6.07) is 58.5. The largest absolute Gasteiger partial charge is 0.208 e. The Hall–Kier alpha value is -6.71. The zero-order valence-corrected chi connectivity index (χ0v) is 28.4. The number of hydrogen-bond acceptors (Lipinski definition) is 3. The van der Waals surface area contributed by atoms with Gasteiger partial charge < -0.3 is 0 Å². The molecule has 1 heterocycles. The zero-order valence-electron chi connectivity index (χ0n) is 28.4. The lowest BCUT2D eigenvalue weighted by atomic mass is 9.89. The highest BCUT2D eigenvalue weighted by atomic mass is 15.0. The molecule has 1 aliphatic rings. The molecular weight excluding hydrogens is 631 g/mol. The molecule has 244 valence electrons. The van der Waals surface area contributed by atoms with Gasteiger partial charge in [0, 0.05) is 22.6 Å². The van der Waals surface area contributed by atoms with E-state index in [1.54, 1.807) is 0 Å². The van der Waals surface area contributed by atoms with Gasteiger partial charge in [0.2, 0.25) is 0 Å². The molecule has 3 nitrogen and oxygen atoms in total. The molecule has 0 N–H and O–H groups in total. The van der Waals surface area contributed by atoms with Crippen molar-refractivity contribution >= 4 is 48.7 Å². The molecule has 0 fully saturated rings. The number of hydrogen-bond donors (Lipinski definition) is 0. The molecule has 0 saturated heterocycles. The van der Waals surface area contributed by atoms with Gasteiger partial charge in [-0.15, -0.1) is 0 Å². The van der Waals surface area contributed by atoms with Crippen LogP contribution in [0.15, 0.2) is 182 Å². The van der Waals surface area contributed by atoms with E-state index in [0.717, 1.165) is 28.5 Å². The van der Waals surface area contributed by atoms with E-state index >= 15 is 0 Å². The Bertz CT molecular complexity index is 2870. The Morgan fingerprint density at radius 3 is 1.79 bits per heavy atom. The first-order valence-corrected chi connectivity index (χ1v) is 17.9. The molecule has 1 aromatic heterocycles. The minimum atomic E-state index is 0.344. The Morgan fingerprint density at radius 1 is 0.404 bits per heavy atom. The molecule has 9 aromatic rings. The molecule has 0 bridgehead atoms. The summed E-state index contributed by atoms with van der Waals surface area (Å²) in [5.41, 5.74) is 6.74. The molecule has 1 unspecified atom stereocenters. The highest BCUT2D eigenvalue weighted by Crippen LogP contribution is 2.40. The first kappa shape index (κ1) is 30.1. The van der Waals surface area contributed by atoms with Gasteiger partial charge in [0.25, 0.3) is 0 Å². The maximum absolute atomic E-state index is 5.07. The van der Waals surface area contributed by atoms with Crippen LogP contribution in [0.1, 0.15) is 23.7 Å².